The zero-order chi connectivity index (χ0) is 19.6. The predicted molar refractivity (Wildman–Crippen MR) is 105 cm³/mol. The quantitative estimate of drug-likeness (QED) is 0.870. The number of carboxylic acid groups (broad SMARTS) is 1. The van der Waals surface area contributed by atoms with Crippen molar-refractivity contribution < 1.29 is 14.3 Å². The topological polar surface area (TPSA) is 62.0 Å². The molecule has 1 N–H and O–H groups in total. The second-order valence-electron chi connectivity index (χ2n) is 8.75. The number of carbonyl (C=O) groups is 1. The highest BCUT2D eigenvalue weighted by Gasteiger charge is 2.35. The number of rotatable bonds is 3. The summed E-state index contributed by atoms with van der Waals surface area (Å²) in [5, 5.41) is 9.42. The number of pyridine rings is 2. The third-order valence-corrected chi connectivity index (χ3v) is 7.05. The van der Waals surface area contributed by atoms with Crippen LogP contribution in [0.5, 0.6) is 0 Å². The molecule has 5 rings (SSSR count). The van der Waals surface area contributed by atoms with Crippen molar-refractivity contribution in [2.75, 3.05) is 18.0 Å². The van der Waals surface area contributed by atoms with Crippen LogP contribution in [0.2, 0.25) is 0 Å². The molecule has 1 saturated heterocycles. The first-order chi connectivity index (χ1) is 13.5. The summed E-state index contributed by atoms with van der Waals surface area (Å²) in [6.45, 7) is 3.58. The molecule has 6 heteroatoms. The lowest BCUT2D eigenvalue weighted by molar-refractivity contribution is 0.0694. The van der Waals surface area contributed by atoms with Crippen LogP contribution < -0.4 is 10.5 Å². The summed E-state index contributed by atoms with van der Waals surface area (Å²) in [6.07, 6.45) is 8.02. The van der Waals surface area contributed by atoms with Crippen LogP contribution in [0.4, 0.5) is 10.1 Å². The summed E-state index contributed by atoms with van der Waals surface area (Å²) in [5.74, 6) is -0.0445. The van der Waals surface area contributed by atoms with Gasteiger partial charge in [-0.1, -0.05) is 12.8 Å². The molecule has 28 heavy (non-hydrogen) atoms. The Balaban J connectivity index is 1.69. The van der Waals surface area contributed by atoms with Gasteiger partial charge in [0.25, 0.3) is 5.56 Å². The average Bonchev–Trinajstić information content (AvgIpc) is 3.39. The summed E-state index contributed by atoms with van der Waals surface area (Å²) in [4.78, 5) is 26.4. The van der Waals surface area contributed by atoms with Crippen LogP contribution in [0, 0.1) is 24.6 Å². The molecule has 148 valence electrons. The van der Waals surface area contributed by atoms with Gasteiger partial charge in [-0.3, -0.25) is 9.20 Å². The number of hydrogen-bond donors (Lipinski definition) is 1. The number of halogens is 1. The monoisotopic (exact) mass is 384 g/mol. The number of aryl methyl sites for hydroxylation is 1. The maximum Gasteiger partial charge on any atom is 0.341 e. The van der Waals surface area contributed by atoms with Crippen LogP contribution in [-0.2, 0) is 0 Å². The number of carboxylic acids is 1. The van der Waals surface area contributed by atoms with Crippen molar-refractivity contribution in [1.82, 2.24) is 4.40 Å². The second kappa shape index (κ2) is 6.33. The molecule has 3 fully saturated rings. The summed E-state index contributed by atoms with van der Waals surface area (Å²) >= 11 is 0. The van der Waals surface area contributed by atoms with Gasteiger partial charge in [-0.2, -0.15) is 0 Å². The van der Waals surface area contributed by atoms with E-state index in [1.54, 1.807) is 0 Å². The maximum atomic E-state index is 15.2. The highest BCUT2D eigenvalue weighted by atomic mass is 19.1. The molecule has 3 heterocycles. The van der Waals surface area contributed by atoms with Gasteiger partial charge in [-0.05, 0) is 67.6 Å². The van der Waals surface area contributed by atoms with Gasteiger partial charge in [0.1, 0.15) is 5.56 Å². The first kappa shape index (κ1) is 17.7. The number of aromatic nitrogens is 1. The Labute approximate surface area is 162 Å². The average molecular weight is 384 g/mol. The second-order valence-corrected chi connectivity index (χ2v) is 8.75. The minimum absolute atomic E-state index is 0.256. The number of nitrogens with zero attached hydrogens (tertiary/aromatic N) is 2. The fraction of sp³-hybridized carbons (Fsp3) is 0.545. The SMILES string of the molecule is Cc1c(N2CCC3CCCC3C2)c(F)cn2c(=O)c(C(=O)O)cc(C3CC3)c12. The zero-order valence-corrected chi connectivity index (χ0v) is 16.1. The summed E-state index contributed by atoms with van der Waals surface area (Å²) in [7, 11) is 0. The van der Waals surface area contributed by atoms with Crippen molar-refractivity contribution in [1.29, 1.82) is 0 Å². The first-order valence-electron chi connectivity index (χ1n) is 10.3. The molecule has 2 aromatic rings. The lowest BCUT2D eigenvalue weighted by Gasteiger charge is -2.37. The Bertz CT molecular complexity index is 1040. The summed E-state index contributed by atoms with van der Waals surface area (Å²) < 4.78 is 16.5. The molecular weight excluding hydrogens is 359 g/mol. The molecule has 2 atom stereocenters. The Kier molecular flexibility index (Phi) is 4.00. The lowest BCUT2D eigenvalue weighted by atomic mass is 9.88. The van der Waals surface area contributed by atoms with Gasteiger partial charge in [0.2, 0.25) is 0 Å². The highest BCUT2D eigenvalue weighted by molar-refractivity contribution is 5.89. The third-order valence-electron chi connectivity index (χ3n) is 7.05. The number of fused-ring (bicyclic) bond motifs is 2. The molecule has 2 aromatic heterocycles. The highest BCUT2D eigenvalue weighted by Crippen LogP contribution is 2.45. The molecule has 2 unspecified atom stereocenters. The Morgan fingerprint density at radius 3 is 2.64 bits per heavy atom. The molecule has 3 aliphatic rings. The fourth-order valence-electron chi connectivity index (χ4n) is 5.52. The number of hydrogen-bond acceptors (Lipinski definition) is 3. The minimum atomic E-state index is -1.26. The predicted octanol–water partition coefficient (Wildman–Crippen LogP) is 3.95. The van der Waals surface area contributed by atoms with Crippen LogP contribution in [0.25, 0.3) is 5.52 Å². The summed E-state index contributed by atoms with van der Waals surface area (Å²) in [5.41, 5.74) is 1.98. The molecule has 5 nitrogen and oxygen atoms in total. The van der Waals surface area contributed by atoms with E-state index in [1.165, 1.54) is 35.9 Å². The third kappa shape index (κ3) is 2.65. The van der Waals surface area contributed by atoms with Crippen LogP contribution >= 0.6 is 0 Å². The molecule has 1 aliphatic heterocycles. The van der Waals surface area contributed by atoms with E-state index in [4.69, 9.17) is 0 Å². The number of piperidine rings is 1. The normalized spacial score (nSPS) is 24.6. The van der Waals surface area contributed by atoms with Crippen molar-refractivity contribution in [2.24, 2.45) is 11.8 Å². The van der Waals surface area contributed by atoms with E-state index < -0.39 is 17.3 Å². The van der Waals surface area contributed by atoms with Gasteiger partial charge in [-0.15, -0.1) is 0 Å². The van der Waals surface area contributed by atoms with Crippen LogP contribution in [-0.4, -0.2) is 28.6 Å². The molecule has 2 saturated carbocycles. The van der Waals surface area contributed by atoms with Crippen LogP contribution in [0.3, 0.4) is 0 Å². The number of anilines is 1. The lowest BCUT2D eigenvalue weighted by Crippen LogP contribution is -2.39. The first-order valence-corrected chi connectivity index (χ1v) is 10.3. The maximum absolute atomic E-state index is 15.2. The van der Waals surface area contributed by atoms with Gasteiger partial charge < -0.3 is 10.0 Å². The van der Waals surface area contributed by atoms with E-state index in [0.717, 1.165) is 49.4 Å². The van der Waals surface area contributed by atoms with Crippen molar-refractivity contribution >= 4 is 17.2 Å². The van der Waals surface area contributed by atoms with E-state index in [2.05, 4.69) is 4.90 Å². The summed E-state index contributed by atoms with van der Waals surface area (Å²) in [6, 6.07) is 1.52. The number of aromatic carboxylic acids is 1. The van der Waals surface area contributed by atoms with Crippen molar-refractivity contribution in [3.05, 3.63) is 45.1 Å². The fourth-order valence-corrected chi connectivity index (χ4v) is 5.52. The zero-order valence-electron chi connectivity index (χ0n) is 16.1. The van der Waals surface area contributed by atoms with Crippen molar-refractivity contribution in [3.8, 4) is 0 Å². The van der Waals surface area contributed by atoms with E-state index in [1.807, 2.05) is 6.92 Å². The Hall–Kier alpha value is -2.37. The minimum Gasteiger partial charge on any atom is -0.477 e. The Morgan fingerprint density at radius 2 is 1.93 bits per heavy atom. The Morgan fingerprint density at radius 1 is 1.18 bits per heavy atom. The molecule has 0 amide bonds. The molecule has 2 aliphatic carbocycles. The van der Waals surface area contributed by atoms with Gasteiger partial charge in [0.15, 0.2) is 5.82 Å². The van der Waals surface area contributed by atoms with Crippen LogP contribution in [0.15, 0.2) is 17.1 Å². The van der Waals surface area contributed by atoms with Gasteiger partial charge >= 0.3 is 5.97 Å². The smallest absolute Gasteiger partial charge is 0.341 e. The van der Waals surface area contributed by atoms with Crippen molar-refractivity contribution in [3.63, 3.8) is 0 Å². The van der Waals surface area contributed by atoms with Gasteiger partial charge in [0.05, 0.1) is 17.4 Å². The van der Waals surface area contributed by atoms with Crippen molar-refractivity contribution in [2.45, 2.75) is 51.4 Å². The molecule has 0 aromatic carbocycles. The molecular formula is C22H25FN2O3. The van der Waals surface area contributed by atoms with Gasteiger partial charge in [0, 0.05) is 13.1 Å². The van der Waals surface area contributed by atoms with Gasteiger partial charge in [-0.25, -0.2) is 9.18 Å². The standard InChI is InChI=1S/C22H25FN2O3/c1-12-19-16(14-5-6-14)9-17(22(27)28)21(26)25(19)11-18(23)20(12)24-8-7-13-3-2-4-15(13)10-24/h9,11,13-15H,2-8,10H2,1H3,(H,27,28). The molecule has 0 bridgehead atoms. The van der Waals surface area contributed by atoms with E-state index >= 15 is 4.39 Å². The van der Waals surface area contributed by atoms with E-state index in [9.17, 15) is 14.7 Å². The van der Waals surface area contributed by atoms with E-state index in [0.29, 0.717) is 17.1 Å². The van der Waals surface area contributed by atoms with E-state index in [-0.39, 0.29) is 11.5 Å². The largest absolute Gasteiger partial charge is 0.477 e. The molecule has 0 radical (unpaired) electrons. The molecule has 0 spiro atoms. The van der Waals surface area contributed by atoms with Crippen LogP contribution in [0.1, 0.15) is 65.9 Å².